The highest BCUT2D eigenvalue weighted by molar-refractivity contribution is 14.1. The van der Waals surface area contributed by atoms with Gasteiger partial charge in [0.25, 0.3) is 34.0 Å². The summed E-state index contributed by atoms with van der Waals surface area (Å²) >= 11 is 4.20. The van der Waals surface area contributed by atoms with Crippen LogP contribution < -0.4 is 31.5 Å². The normalized spacial score (nSPS) is 12.8. The number of halogens is 2. The van der Waals surface area contributed by atoms with Crippen molar-refractivity contribution in [2.24, 2.45) is 28.2 Å². The van der Waals surface area contributed by atoms with E-state index in [1.54, 1.807) is 115 Å². The third-order valence-electron chi connectivity index (χ3n) is 19.1. The number of nitrogens with zero attached hydrogens (tertiary/aromatic N) is 18. The number of non-ortho nitro benzene ring substituents is 5. The maximum Gasteiger partial charge on any atom is 0.494 e. The van der Waals surface area contributed by atoms with E-state index < -0.39 is 42.9 Å². The molecule has 2 saturated heterocycles. The predicted molar refractivity (Wildman–Crippen MR) is 483 cm³/mol. The Bertz CT molecular complexity index is 6780. The Hall–Kier alpha value is -14.9. The number of hydrogen-bond donors (Lipinski definition) is 8. The minimum atomic E-state index is -1.53. The molecule has 44 nitrogen and oxygen atoms in total. The van der Waals surface area contributed by atoms with E-state index in [1.807, 2.05) is 52.9 Å². The largest absolute Gasteiger partial charge is 0.494 e. The van der Waals surface area contributed by atoms with Crippen LogP contribution in [0.25, 0.3) is 87.9 Å². The van der Waals surface area contributed by atoms with Crippen LogP contribution in [0.15, 0.2) is 157 Å². The van der Waals surface area contributed by atoms with Crippen molar-refractivity contribution in [3.8, 4) is 40.2 Å². The van der Waals surface area contributed by atoms with E-state index in [2.05, 4.69) is 106 Å². The number of nitrogen functional groups attached to an aromatic ring is 1. The van der Waals surface area contributed by atoms with Gasteiger partial charge in [0.05, 0.1) is 95.5 Å². The first-order valence-electron chi connectivity index (χ1n) is 37.8. The summed E-state index contributed by atoms with van der Waals surface area (Å²) in [7, 11) is 8.48. The minimum Gasteiger partial charge on any atom is -0.494 e. The number of carbonyl (C=O) groups is 4. The first-order valence-corrected chi connectivity index (χ1v) is 40.0. The summed E-state index contributed by atoms with van der Waals surface area (Å²) in [4.78, 5) is 120. The van der Waals surface area contributed by atoms with E-state index >= 15 is 0 Å². The molecule has 1 unspecified atom stereocenters. The van der Waals surface area contributed by atoms with Gasteiger partial charge in [0.2, 0.25) is 29.5 Å². The fourth-order valence-electron chi connectivity index (χ4n) is 12.8. The molecular weight excluding hydrogens is 1880 g/mol. The molecule has 1 atom stereocenters. The molecule has 0 bridgehead atoms. The number of benzene rings is 6. The lowest BCUT2D eigenvalue weighted by Gasteiger charge is -2.29. The fourth-order valence-corrected chi connectivity index (χ4v) is 14.1. The van der Waals surface area contributed by atoms with Gasteiger partial charge < -0.3 is 40.0 Å². The second-order valence-electron chi connectivity index (χ2n) is 28.9. The molecular formula is C80H80BI2N23O21. The number of aromatic amines is 3. The van der Waals surface area contributed by atoms with E-state index in [0.29, 0.717) is 94.7 Å². The molecule has 6 aromatic carbocycles. The van der Waals surface area contributed by atoms with Gasteiger partial charge in [-0.3, -0.25) is 109 Å². The number of anilines is 1. The molecule has 2 aliphatic rings. The molecule has 15 aromatic rings. The zero-order valence-corrected chi connectivity index (χ0v) is 73.7. The summed E-state index contributed by atoms with van der Waals surface area (Å²) in [6.07, 6.45) is 3.08. The van der Waals surface area contributed by atoms with Gasteiger partial charge in [-0.1, -0.05) is 6.07 Å². The van der Waals surface area contributed by atoms with E-state index in [4.69, 9.17) is 30.0 Å². The van der Waals surface area contributed by atoms with Gasteiger partial charge in [0, 0.05) is 188 Å². The van der Waals surface area contributed by atoms with E-state index in [0.717, 1.165) is 68.0 Å². The van der Waals surface area contributed by atoms with Gasteiger partial charge in [-0.15, -0.1) is 0 Å². The average Bonchev–Trinajstić information content (AvgIpc) is 1.63. The van der Waals surface area contributed by atoms with Gasteiger partial charge in [0.1, 0.15) is 35.7 Å². The minimum absolute atomic E-state index is 0.0391. The van der Waals surface area contributed by atoms with Crippen LogP contribution in [-0.4, -0.2) is 183 Å². The zero-order chi connectivity index (χ0) is 92.7. The average molecular weight is 1960 g/mol. The molecule has 127 heavy (non-hydrogen) atoms. The lowest BCUT2D eigenvalue weighted by molar-refractivity contribution is -0.384. The SMILES string of the molecule is CC(C)(C)OC(=O)N1CCC(=O)CC1.COc1ccc(-c2nn(C)c3cc([N+](=O)[O-])ccc23)c(C)n1.COc1nc(C)ccc1B(O)O.Cn1nc(-c2ccc(=O)[nH]c2O)c2ccc([N+](=O)[O-])cc21.Cn1nc(C2CCC(=O)NC2=O)c2ccc(N)cc21.Cn1nc(I)c2ccc([N+](=O)[O-])cc21.O=[N+]([O-])c1ccc2c(I)[nH]nc2c1.O=[N+]([O-])c1ccc2cn[nH]c2c1. The molecule has 2 aliphatic heterocycles. The number of aryl methyl sites for hydroxylation is 6. The number of imide groups is 1. The van der Waals surface area contributed by atoms with Gasteiger partial charge >= 0.3 is 13.2 Å². The maximum absolute atomic E-state index is 11.9. The Kier molecular flexibility index (Phi) is 30.5. The Morgan fingerprint density at radius 1 is 0.583 bits per heavy atom. The number of piperidine rings is 2. The molecule has 3 amide bonds. The topological polar surface area (TPSA) is 601 Å². The van der Waals surface area contributed by atoms with Crippen molar-refractivity contribution in [2.45, 2.75) is 71.8 Å². The number of aromatic hydroxyl groups is 1. The van der Waals surface area contributed by atoms with Crippen molar-refractivity contribution >= 4 is 181 Å². The van der Waals surface area contributed by atoms with Gasteiger partial charge in [-0.25, -0.2) is 14.8 Å². The third kappa shape index (κ3) is 23.5. The highest BCUT2D eigenvalue weighted by atomic mass is 127. The number of nitrogens with two attached hydrogens (primary N) is 1. The molecule has 47 heteroatoms. The molecule has 11 heterocycles. The fraction of sp³-hybridized carbons (Fsp3) is 0.237. The van der Waals surface area contributed by atoms with E-state index in [-0.39, 0.29) is 75.3 Å². The van der Waals surface area contributed by atoms with Crippen molar-refractivity contribution in [3.05, 3.63) is 237 Å². The Morgan fingerprint density at radius 3 is 1.64 bits per heavy atom. The number of Topliss-reactive ketones (excluding diaryl/α,β-unsaturated/α-hetero) is 1. The second kappa shape index (κ2) is 41.1. The molecule has 9 aromatic heterocycles. The van der Waals surface area contributed by atoms with E-state index in [1.165, 1.54) is 84.6 Å². The maximum atomic E-state index is 11.9. The number of nitrogens with one attached hydrogen (secondary N) is 4. The molecule has 9 N–H and O–H groups in total. The lowest BCUT2D eigenvalue weighted by Crippen LogP contribution is -2.41. The van der Waals surface area contributed by atoms with Crippen molar-refractivity contribution in [1.82, 2.24) is 84.7 Å². The highest BCUT2D eigenvalue weighted by Crippen LogP contribution is 2.36. The van der Waals surface area contributed by atoms with Crippen molar-refractivity contribution in [1.29, 1.82) is 0 Å². The standard InChI is InChI=1S/C15H14N4O3.C13H10N4O4.C13H14N4O2.C10H17NO3.C8H6IN3O2.C7H10BNO3.C7H4IN3O2.C7H5N3O2/c1-9-11(6-7-14(16-9)22-3)15-12-5-4-10(19(20)21)8-13(12)18(2)17-15;1-16-10-6-7(17(20)21)2-3-8(10)12(15-16)9-4-5-11(18)14-13(9)19;1-17-10-6-7(14)2-3-8(10)12(16-17)9-4-5-11(18)15-13(9)19;1-10(2,3)14-9(13)11-6-4-8(12)5-7-11;1-11-7-4-5(12(13)14)2-3-6(7)8(9)10-11;1-5-3-4-6(8(10)11)7(9-5)12-2;8-7-5-2-1-4(11(12)13)3-6(5)9-10-7;11-10(12)6-2-1-5-4-8-9-7(5)3-6/h4-8H,1-3H3;2-6H,1H3,(H2,14,18,19);2-3,6,9H,4-5,14H2,1H3,(H,15,18,19);4-7H2,1-3H3;2-4H,1H3;3-4,10-11H,1-2H3;1-3H,(H,9,10);1-4H,(H,8,9). The summed E-state index contributed by atoms with van der Waals surface area (Å²) in [6.45, 7) is 10.2. The number of fused-ring (bicyclic) bond motifs is 6. The van der Waals surface area contributed by atoms with Crippen molar-refractivity contribution in [2.75, 3.05) is 33.0 Å². The third-order valence-corrected chi connectivity index (χ3v) is 20.7. The number of methoxy groups -OCH3 is 2. The smallest absolute Gasteiger partial charge is 0.494 e. The van der Waals surface area contributed by atoms with Crippen LogP contribution >= 0.6 is 45.2 Å². The van der Waals surface area contributed by atoms with Gasteiger partial charge in [0.15, 0.2) is 0 Å². The number of pyridine rings is 3. The summed E-state index contributed by atoms with van der Waals surface area (Å²) in [5.74, 6) is -0.128. The molecule has 0 aliphatic carbocycles. The zero-order valence-electron chi connectivity index (χ0n) is 69.4. The van der Waals surface area contributed by atoms with Crippen molar-refractivity contribution in [3.63, 3.8) is 0 Å². The van der Waals surface area contributed by atoms with Crippen molar-refractivity contribution < 1.29 is 73.2 Å². The quantitative estimate of drug-likeness (QED) is 0.0149. The number of ketones is 1. The summed E-state index contributed by atoms with van der Waals surface area (Å²) in [5, 5.41) is 119. The number of amides is 3. The number of rotatable bonds is 11. The van der Waals surface area contributed by atoms with Crippen LogP contribution in [0.2, 0.25) is 0 Å². The van der Waals surface area contributed by atoms with Crippen LogP contribution in [-0.2, 0) is 47.3 Å². The van der Waals surface area contributed by atoms with Gasteiger partial charge in [-0.05, 0) is 153 Å². The number of carbonyl (C=O) groups excluding carboxylic acids is 4. The summed E-state index contributed by atoms with van der Waals surface area (Å²) in [6, 6.07) is 38.2. The summed E-state index contributed by atoms with van der Waals surface area (Å²) in [5.41, 5.74) is 15.0. The number of likely N-dealkylation sites (tertiary alicyclic amines) is 1. The number of hydrogen-bond acceptors (Lipinski definition) is 30. The first kappa shape index (κ1) is 94.4. The molecule has 658 valence electrons. The molecule has 17 rings (SSSR count). The van der Waals surface area contributed by atoms with Crippen LogP contribution in [0, 0.1) is 71.8 Å². The lowest BCUT2D eigenvalue weighted by atomic mass is 9.81. The second-order valence-corrected chi connectivity index (χ2v) is 31.0. The molecule has 0 radical (unpaired) electrons. The monoisotopic (exact) mass is 1960 g/mol. The number of nitro groups is 5. The number of aromatic nitrogens is 15. The molecule has 0 spiro atoms. The first-order chi connectivity index (χ1) is 60.1. The number of H-pyrrole nitrogens is 3. The van der Waals surface area contributed by atoms with E-state index in [9.17, 15) is 79.7 Å². The van der Waals surface area contributed by atoms with Crippen LogP contribution in [0.3, 0.4) is 0 Å². The Labute approximate surface area is 744 Å². The van der Waals surface area contributed by atoms with Gasteiger partial charge in [-0.2, -0.15) is 30.6 Å². The Morgan fingerprint density at radius 2 is 1.09 bits per heavy atom. The number of nitro benzene ring substituents is 5. The van der Waals surface area contributed by atoms with Crippen LogP contribution in [0.5, 0.6) is 17.6 Å². The predicted octanol–water partition coefficient (Wildman–Crippen LogP) is 11.4. The van der Waals surface area contributed by atoms with Crippen LogP contribution in [0.4, 0.5) is 38.9 Å². The Balaban J connectivity index is 0.000000153. The van der Waals surface area contributed by atoms with Crippen LogP contribution in [0.1, 0.15) is 69.5 Å². The highest BCUT2D eigenvalue weighted by Gasteiger charge is 2.32. The number of ether oxygens (including phenoxy) is 3. The molecule has 0 saturated carbocycles. The summed E-state index contributed by atoms with van der Waals surface area (Å²) < 4.78 is 23.4. The molecule has 2 fully saturated rings.